The van der Waals surface area contributed by atoms with Crippen LogP contribution in [0, 0.1) is 0 Å². The predicted octanol–water partition coefficient (Wildman–Crippen LogP) is 1.44. The molecule has 0 aliphatic carbocycles. The van der Waals surface area contributed by atoms with Crippen LogP contribution in [0.1, 0.15) is 24.9 Å². The molecule has 0 bridgehead atoms. The van der Waals surface area contributed by atoms with Gasteiger partial charge in [0.2, 0.25) is 5.91 Å². The van der Waals surface area contributed by atoms with Crippen molar-refractivity contribution in [2.45, 2.75) is 19.4 Å². The number of nitrogens with zero attached hydrogens (tertiary/aromatic N) is 1. The van der Waals surface area contributed by atoms with Gasteiger partial charge in [0.25, 0.3) is 0 Å². The topological polar surface area (TPSA) is 72.6 Å². The van der Waals surface area contributed by atoms with E-state index in [2.05, 4.69) is 0 Å². The Balaban J connectivity index is 2.38. The molecule has 1 heterocycles. The van der Waals surface area contributed by atoms with Crippen molar-refractivity contribution in [1.29, 1.82) is 0 Å². The highest BCUT2D eigenvalue weighted by molar-refractivity contribution is 5.83. The number of carbonyl (C=O) groups excluding carboxylic acids is 2. The normalized spacial score (nSPS) is 18.5. The minimum atomic E-state index is -0.542. The van der Waals surface area contributed by atoms with Crippen LogP contribution in [0.25, 0.3) is 0 Å². The van der Waals surface area contributed by atoms with E-state index in [-0.39, 0.29) is 12.6 Å². The fourth-order valence-electron chi connectivity index (χ4n) is 2.08. The zero-order valence-corrected chi connectivity index (χ0v) is 9.55. The van der Waals surface area contributed by atoms with Crippen LogP contribution in [0.15, 0.2) is 24.3 Å². The minimum absolute atomic E-state index is 0.119. The van der Waals surface area contributed by atoms with Crippen molar-refractivity contribution in [3.63, 3.8) is 0 Å². The molecule has 0 spiro atoms. The van der Waals surface area contributed by atoms with E-state index in [1.165, 1.54) is 4.90 Å². The minimum Gasteiger partial charge on any atom is -0.410 e. The van der Waals surface area contributed by atoms with E-state index in [4.69, 9.17) is 10.5 Å². The van der Waals surface area contributed by atoms with Gasteiger partial charge in [-0.2, -0.15) is 0 Å². The molecule has 2 N–H and O–H groups in total. The summed E-state index contributed by atoms with van der Waals surface area (Å²) in [5.74, 6) is 0.0184. The lowest BCUT2D eigenvalue weighted by Gasteiger charge is -2.34. The number of ether oxygens (including phenoxy) is 1. The first kappa shape index (κ1) is 11.4. The van der Waals surface area contributed by atoms with Gasteiger partial charge in [-0.3, -0.25) is 9.69 Å². The maximum atomic E-state index is 11.8. The summed E-state index contributed by atoms with van der Waals surface area (Å²) in [6.45, 7) is 1.83. The van der Waals surface area contributed by atoms with Crippen LogP contribution in [0.5, 0.6) is 5.75 Å². The van der Waals surface area contributed by atoms with Crippen LogP contribution in [0.4, 0.5) is 4.79 Å². The molecule has 0 fully saturated rings. The van der Waals surface area contributed by atoms with Crippen LogP contribution in [0.3, 0.4) is 0 Å². The number of fused-ring (bicyclic) bond motifs is 1. The summed E-state index contributed by atoms with van der Waals surface area (Å²) in [6.07, 6.45) is 0.189. The number of hydrogen-bond donors (Lipinski definition) is 1. The lowest BCUT2D eigenvalue weighted by atomic mass is 10.0. The van der Waals surface area contributed by atoms with E-state index >= 15 is 0 Å². The van der Waals surface area contributed by atoms with E-state index in [0.29, 0.717) is 12.2 Å². The molecule has 90 valence electrons. The molecule has 2 rings (SSSR count). The van der Waals surface area contributed by atoms with Crippen LogP contribution in [0.2, 0.25) is 0 Å². The van der Waals surface area contributed by atoms with Crippen molar-refractivity contribution in [3.8, 4) is 5.75 Å². The molecule has 1 aromatic carbocycles. The van der Waals surface area contributed by atoms with Crippen LogP contribution >= 0.6 is 0 Å². The first-order chi connectivity index (χ1) is 8.13. The third-order valence-corrected chi connectivity index (χ3v) is 2.80. The Morgan fingerprint density at radius 2 is 2.18 bits per heavy atom. The molecule has 1 unspecified atom stereocenters. The van der Waals surface area contributed by atoms with Crippen LogP contribution in [-0.4, -0.2) is 23.4 Å². The molecule has 2 amide bonds. The second-order valence-electron chi connectivity index (χ2n) is 3.92. The van der Waals surface area contributed by atoms with E-state index in [0.717, 1.165) is 5.56 Å². The summed E-state index contributed by atoms with van der Waals surface area (Å²) in [6, 6.07) is 7.17. The van der Waals surface area contributed by atoms with E-state index in [1.54, 1.807) is 6.07 Å². The zero-order valence-electron chi connectivity index (χ0n) is 9.55. The zero-order chi connectivity index (χ0) is 12.4. The largest absolute Gasteiger partial charge is 0.416 e. The Morgan fingerprint density at radius 3 is 2.82 bits per heavy atom. The van der Waals surface area contributed by atoms with Gasteiger partial charge >= 0.3 is 6.09 Å². The maximum Gasteiger partial charge on any atom is 0.416 e. The highest BCUT2D eigenvalue weighted by Gasteiger charge is 2.33. The quantitative estimate of drug-likeness (QED) is 0.860. The number of hydrogen-bond acceptors (Lipinski definition) is 3. The van der Waals surface area contributed by atoms with Gasteiger partial charge in [-0.15, -0.1) is 0 Å². The fourth-order valence-corrected chi connectivity index (χ4v) is 2.08. The Labute approximate surface area is 99.2 Å². The van der Waals surface area contributed by atoms with Gasteiger partial charge in [0.1, 0.15) is 12.3 Å². The van der Waals surface area contributed by atoms with Gasteiger partial charge in [0.05, 0.1) is 6.04 Å². The number of rotatable bonds is 3. The van der Waals surface area contributed by atoms with E-state index in [9.17, 15) is 9.59 Å². The second kappa shape index (κ2) is 4.45. The molecule has 1 aliphatic rings. The molecule has 1 aliphatic heterocycles. The molecule has 0 aromatic heterocycles. The first-order valence-corrected chi connectivity index (χ1v) is 5.49. The summed E-state index contributed by atoms with van der Waals surface area (Å²) in [7, 11) is 0. The van der Waals surface area contributed by atoms with Crippen molar-refractivity contribution >= 4 is 12.0 Å². The van der Waals surface area contributed by atoms with Crippen molar-refractivity contribution in [1.82, 2.24) is 4.90 Å². The fraction of sp³-hybridized carbons (Fsp3) is 0.333. The number of para-hydroxylation sites is 1. The van der Waals surface area contributed by atoms with Crippen LogP contribution < -0.4 is 10.5 Å². The standard InChI is InChI=1S/C12H14N2O3/c1-2-9-8-5-3-4-6-10(8)17-12(16)14(9)7-11(13)15/h3-6,9H,2,7H2,1H3,(H2,13,15). The maximum absolute atomic E-state index is 11.8. The van der Waals surface area contributed by atoms with Gasteiger partial charge in [0.15, 0.2) is 0 Å². The van der Waals surface area contributed by atoms with Crippen LogP contribution in [-0.2, 0) is 4.79 Å². The lowest BCUT2D eigenvalue weighted by molar-refractivity contribution is -0.119. The average molecular weight is 234 g/mol. The summed E-state index contributed by atoms with van der Waals surface area (Å²) in [4.78, 5) is 24.1. The third kappa shape index (κ3) is 2.08. The van der Waals surface area contributed by atoms with Crippen molar-refractivity contribution in [2.24, 2.45) is 5.73 Å². The molecule has 17 heavy (non-hydrogen) atoms. The molecule has 0 saturated carbocycles. The molecule has 5 heteroatoms. The summed E-state index contributed by atoms with van der Waals surface area (Å²) < 4.78 is 5.16. The van der Waals surface area contributed by atoms with Crippen molar-refractivity contribution < 1.29 is 14.3 Å². The smallest absolute Gasteiger partial charge is 0.410 e. The Hall–Kier alpha value is -2.04. The van der Waals surface area contributed by atoms with Crippen molar-refractivity contribution in [3.05, 3.63) is 29.8 Å². The Morgan fingerprint density at radius 1 is 1.47 bits per heavy atom. The van der Waals surface area contributed by atoms with E-state index in [1.807, 2.05) is 25.1 Å². The van der Waals surface area contributed by atoms with Gasteiger partial charge in [-0.05, 0) is 12.5 Å². The molecular formula is C12H14N2O3. The number of nitrogens with two attached hydrogens (primary N) is 1. The van der Waals surface area contributed by atoms with Crippen molar-refractivity contribution in [2.75, 3.05) is 6.54 Å². The molecule has 0 radical (unpaired) electrons. The average Bonchev–Trinajstić information content (AvgIpc) is 2.29. The van der Waals surface area contributed by atoms with Gasteiger partial charge in [-0.1, -0.05) is 25.1 Å². The van der Waals surface area contributed by atoms with Gasteiger partial charge < -0.3 is 10.5 Å². The Kier molecular flexibility index (Phi) is 2.99. The Bertz CT molecular complexity index is 459. The summed E-state index contributed by atoms with van der Waals surface area (Å²) in [5.41, 5.74) is 6.05. The predicted molar refractivity (Wildman–Crippen MR) is 61.4 cm³/mol. The molecule has 0 saturated heterocycles. The molecular weight excluding hydrogens is 220 g/mol. The summed E-state index contributed by atoms with van der Waals surface area (Å²) >= 11 is 0. The van der Waals surface area contributed by atoms with Gasteiger partial charge in [-0.25, -0.2) is 4.79 Å². The monoisotopic (exact) mass is 234 g/mol. The highest BCUT2D eigenvalue weighted by Crippen LogP contribution is 2.36. The lowest BCUT2D eigenvalue weighted by Crippen LogP contribution is -2.45. The van der Waals surface area contributed by atoms with Gasteiger partial charge in [0, 0.05) is 5.56 Å². The van der Waals surface area contributed by atoms with E-state index < -0.39 is 12.0 Å². The second-order valence-corrected chi connectivity index (χ2v) is 3.92. The molecule has 1 aromatic rings. The molecule has 5 nitrogen and oxygen atoms in total. The number of amides is 2. The summed E-state index contributed by atoms with van der Waals surface area (Å²) in [5, 5.41) is 0. The number of benzene rings is 1. The molecule has 1 atom stereocenters. The highest BCUT2D eigenvalue weighted by atomic mass is 16.6. The first-order valence-electron chi connectivity index (χ1n) is 5.49. The number of carbonyl (C=O) groups is 2. The number of primary amides is 1. The SMILES string of the molecule is CCC1c2ccccc2OC(=O)N1CC(N)=O. The third-order valence-electron chi connectivity index (χ3n) is 2.80.